The lowest BCUT2D eigenvalue weighted by Crippen LogP contribution is -2.22. The zero-order valence-corrected chi connectivity index (χ0v) is 14.2. The molecule has 2 rings (SSSR count). The molecule has 2 unspecified atom stereocenters. The third-order valence-electron chi connectivity index (χ3n) is 3.24. The van der Waals surface area contributed by atoms with Crippen molar-refractivity contribution in [3.05, 3.63) is 68.6 Å². The highest BCUT2D eigenvalue weighted by molar-refractivity contribution is 9.10. The van der Waals surface area contributed by atoms with Crippen LogP contribution in [0.1, 0.15) is 37.1 Å². The van der Waals surface area contributed by atoms with Crippen molar-refractivity contribution < 1.29 is 0 Å². The smallest absolute Gasteiger partial charge is 0.0308 e. The van der Waals surface area contributed by atoms with E-state index in [-0.39, 0.29) is 0 Å². The summed E-state index contributed by atoms with van der Waals surface area (Å²) in [5, 5.41) is 3.63. The molecule has 1 nitrogen and oxygen atoms in total. The molecular weight excluding hydrogens is 366 g/mol. The third-order valence-corrected chi connectivity index (χ3v) is 4.49. The summed E-state index contributed by atoms with van der Waals surface area (Å²) in [6.07, 6.45) is 0. The molecule has 2 aromatic carbocycles. The Labute approximate surface area is 131 Å². The molecule has 100 valence electrons. The molecule has 0 fully saturated rings. The van der Waals surface area contributed by atoms with Gasteiger partial charge in [0.05, 0.1) is 0 Å². The van der Waals surface area contributed by atoms with Crippen LogP contribution in [0.25, 0.3) is 0 Å². The Morgan fingerprint density at radius 1 is 0.842 bits per heavy atom. The highest BCUT2D eigenvalue weighted by atomic mass is 79.9. The molecule has 2 atom stereocenters. The van der Waals surface area contributed by atoms with Gasteiger partial charge in [-0.3, -0.25) is 0 Å². The summed E-state index contributed by atoms with van der Waals surface area (Å²) in [5.41, 5.74) is 2.58. The van der Waals surface area contributed by atoms with Crippen LogP contribution < -0.4 is 5.32 Å². The molecule has 3 heteroatoms. The molecule has 1 N–H and O–H groups in total. The van der Waals surface area contributed by atoms with Crippen LogP contribution in [0.4, 0.5) is 0 Å². The number of halogens is 2. The second-order valence-corrected chi connectivity index (χ2v) is 6.45. The number of benzene rings is 2. The van der Waals surface area contributed by atoms with Gasteiger partial charge in [0.1, 0.15) is 0 Å². The fourth-order valence-corrected chi connectivity index (χ4v) is 3.03. The van der Waals surface area contributed by atoms with Crippen LogP contribution in [-0.4, -0.2) is 0 Å². The molecule has 0 aliphatic rings. The maximum Gasteiger partial charge on any atom is 0.0308 e. The Balaban J connectivity index is 2.08. The molecule has 0 aliphatic carbocycles. The predicted octanol–water partition coefficient (Wildman–Crippen LogP) is 5.62. The Morgan fingerprint density at radius 2 is 1.47 bits per heavy atom. The average molecular weight is 383 g/mol. The molecular formula is C16H17Br2N. The first-order valence-corrected chi connectivity index (χ1v) is 7.92. The number of rotatable bonds is 4. The van der Waals surface area contributed by atoms with Crippen LogP contribution in [0.3, 0.4) is 0 Å². The summed E-state index contributed by atoms with van der Waals surface area (Å²) in [7, 11) is 0. The van der Waals surface area contributed by atoms with Crippen LogP contribution in [-0.2, 0) is 0 Å². The molecule has 0 aromatic heterocycles. The zero-order chi connectivity index (χ0) is 13.8. The first kappa shape index (κ1) is 14.8. The van der Waals surface area contributed by atoms with Gasteiger partial charge in [-0.25, -0.2) is 0 Å². The maximum absolute atomic E-state index is 3.63. The molecule has 0 heterocycles. The van der Waals surface area contributed by atoms with Crippen molar-refractivity contribution in [3.63, 3.8) is 0 Å². The minimum absolute atomic E-state index is 0.300. The quantitative estimate of drug-likeness (QED) is 0.723. The van der Waals surface area contributed by atoms with Crippen molar-refractivity contribution in [3.8, 4) is 0 Å². The van der Waals surface area contributed by atoms with Crippen LogP contribution in [0.15, 0.2) is 57.5 Å². The second kappa shape index (κ2) is 6.69. The highest BCUT2D eigenvalue weighted by Crippen LogP contribution is 2.25. The monoisotopic (exact) mass is 381 g/mol. The van der Waals surface area contributed by atoms with Gasteiger partial charge in [-0.1, -0.05) is 62.2 Å². The molecule has 0 radical (unpaired) electrons. The normalized spacial score (nSPS) is 14.1. The summed E-state index contributed by atoms with van der Waals surface area (Å²) in [6, 6.07) is 17.4. The molecule has 0 aliphatic heterocycles. The van der Waals surface area contributed by atoms with Gasteiger partial charge in [0.15, 0.2) is 0 Å². The van der Waals surface area contributed by atoms with E-state index in [2.05, 4.69) is 93.5 Å². The van der Waals surface area contributed by atoms with Gasteiger partial charge in [0.25, 0.3) is 0 Å². The van der Waals surface area contributed by atoms with Crippen LogP contribution in [0.2, 0.25) is 0 Å². The maximum atomic E-state index is 3.63. The summed E-state index contributed by atoms with van der Waals surface area (Å²) in [5.74, 6) is 0. The average Bonchev–Trinajstić information content (AvgIpc) is 2.39. The van der Waals surface area contributed by atoms with E-state index in [0.717, 1.165) is 8.95 Å². The SMILES string of the molecule is CC(NC(C)c1ccccc1Br)c1ccc(Br)cc1. The van der Waals surface area contributed by atoms with E-state index in [9.17, 15) is 0 Å². The van der Waals surface area contributed by atoms with Gasteiger partial charge >= 0.3 is 0 Å². The number of hydrogen-bond donors (Lipinski definition) is 1. The lowest BCUT2D eigenvalue weighted by atomic mass is 10.0. The van der Waals surface area contributed by atoms with Gasteiger partial charge in [0.2, 0.25) is 0 Å². The molecule has 19 heavy (non-hydrogen) atoms. The minimum Gasteiger partial charge on any atom is -0.304 e. The van der Waals surface area contributed by atoms with Crippen molar-refractivity contribution in [2.75, 3.05) is 0 Å². The van der Waals surface area contributed by atoms with E-state index in [1.807, 2.05) is 6.07 Å². The fraction of sp³-hybridized carbons (Fsp3) is 0.250. The van der Waals surface area contributed by atoms with Crippen molar-refractivity contribution in [2.45, 2.75) is 25.9 Å². The summed E-state index contributed by atoms with van der Waals surface area (Å²) in [6.45, 7) is 4.38. The highest BCUT2D eigenvalue weighted by Gasteiger charge is 2.12. The first-order chi connectivity index (χ1) is 9.08. The standard InChI is InChI=1S/C16H17Br2N/c1-11(13-7-9-14(17)10-8-13)19-12(2)15-5-3-4-6-16(15)18/h3-12,19H,1-2H3. The van der Waals surface area contributed by atoms with Crippen LogP contribution >= 0.6 is 31.9 Å². The Kier molecular flexibility index (Phi) is 5.20. The second-order valence-electron chi connectivity index (χ2n) is 4.68. The number of nitrogens with one attached hydrogen (secondary N) is 1. The Hall–Kier alpha value is -0.640. The van der Waals surface area contributed by atoms with Crippen LogP contribution in [0.5, 0.6) is 0 Å². The van der Waals surface area contributed by atoms with Crippen molar-refractivity contribution >= 4 is 31.9 Å². The lowest BCUT2D eigenvalue weighted by molar-refractivity contribution is 0.493. The van der Waals surface area contributed by atoms with E-state index < -0.39 is 0 Å². The van der Waals surface area contributed by atoms with Gasteiger partial charge in [0, 0.05) is 21.0 Å². The third kappa shape index (κ3) is 3.91. The molecule has 2 aromatic rings. The van der Waals surface area contributed by atoms with E-state index in [4.69, 9.17) is 0 Å². The lowest BCUT2D eigenvalue weighted by Gasteiger charge is -2.21. The minimum atomic E-state index is 0.300. The van der Waals surface area contributed by atoms with E-state index >= 15 is 0 Å². The van der Waals surface area contributed by atoms with Crippen molar-refractivity contribution in [2.24, 2.45) is 0 Å². The van der Waals surface area contributed by atoms with Gasteiger partial charge < -0.3 is 5.32 Å². The molecule has 0 saturated heterocycles. The van der Waals surface area contributed by atoms with Crippen LogP contribution in [0, 0.1) is 0 Å². The van der Waals surface area contributed by atoms with Crippen molar-refractivity contribution in [1.82, 2.24) is 5.32 Å². The molecule has 0 saturated carbocycles. The summed E-state index contributed by atoms with van der Waals surface area (Å²) < 4.78 is 2.26. The largest absolute Gasteiger partial charge is 0.304 e. The topological polar surface area (TPSA) is 12.0 Å². The predicted molar refractivity (Wildman–Crippen MR) is 88.2 cm³/mol. The van der Waals surface area contributed by atoms with E-state index in [1.54, 1.807) is 0 Å². The fourth-order valence-electron chi connectivity index (χ4n) is 2.14. The van der Waals surface area contributed by atoms with Gasteiger partial charge in [-0.05, 0) is 43.2 Å². The first-order valence-electron chi connectivity index (χ1n) is 6.34. The summed E-state index contributed by atoms with van der Waals surface area (Å²) >= 11 is 7.07. The van der Waals surface area contributed by atoms with Gasteiger partial charge in [-0.2, -0.15) is 0 Å². The van der Waals surface area contributed by atoms with E-state index in [0.29, 0.717) is 12.1 Å². The van der Waals surface area contributed by atoms with Gasteiger partial charge in [-0.15, -0.1) is 0 Å². The van der Waals surface area contributed by atoms with Crippen molar-refractivity contribution in [1.29, 1.82) is 0 Å². The Morgan fingerprint density at radius 3 is 2.11 bits per heavy atom. The number of hydrogen-bond acceptors (Lipinski definition) is 1. The Bertz CT molecular complexity index is 537. The molecule has 0 bridgehead atoms. The van der Waals surface area contributed by atoms with E-state index in [1.165, 1.54) is 11.1 Å². The summed E-state index contributed by atoms with van der Waals surface area (Å²) in [4.78, 5) is 0. The molecule has 0 spiro atoms. The molecule has 0 amide bonds. The zero-order valence-electron chi connectivity index (χ0n) is 11.0.